The van der Waals surface area contributed by atoms with Crippen LogP contribution < -0.4 is 4.74 Å². The fraction of sp³-hybridized carbons (Fsp3) is 0.176. The molecule has 0 bridgehead atoms. The van der Waals surface area contributed by atoms with Crippen LogP contribution in [0.4, 0.5) is 0 Å². The van der Waals surface area contributed by atoms with E-state index in [9.17, 15) is 14.4 Å². The van der Waals surface area contributed by atoms with Crippen molar-refractivity contribution in [1.29, 1.82) is 0 Å². The minimum Gasteiger partial charge on any atom is -0.497 e. The van der Waals surface area contributed by atoms with Gasteiger partial charge in [-0.3, -0.25) is 14.4 Å². The van der Waals surface area contributed by atoms with Gasteiger partial charge in [0.25, 0.3) is 5.91 Å². The molecule has 0 spiro atoms. The van der Waals surface area contributed by atoms with E-state index in [1.807, 2.05) is 83.6 Å². The van der Waals surface area contributed by atoms with Gasteiger partial charge < -0.3 is 14.2 Å². The zero-order valence-electron chi connectivity index (χ0n) is 23.1. The molecule has 0 saturated carbocycles. The molecule has 0 radical (unpaired) electrons. The summed E-state index contributed by atoms with van der Waals surface area (Å²) in [5.41, 5.74) is 5.16. The van der Waals surface area contributed by atoms with Crippen LogP contribution in [-0.2, 0) is 22.3 Å². The number of carbonyl (C=O) groups excluding carboxylic acids is 3. The lowest BCUT2D eigenvalue weighted by Crippen LogP contribution is -2.43. The number of aromatic nitrogens is 2. The number of nitrogens with zero attached hydrogens (tertiary/aromatic N) is 3. The van der Waals surface area contributed by atoms with E-state index in [1.54, 1.807) is 18.3 Å². The third-order valence-electron chi connectivity index (χ3n) is 8.19. The average molecular weight is 574 g/mol. The summed E-state index contributed by atoms with van der Waals surface area (Å²) in [6, 6.07) is 27.1. The third kappa shape index (κ3) is 4.70. The number of rotatable bonds is 6. The molecular formula is C34H28N3O4P. The van der Waals surface area contributed by atoms with Gasteiger partial charge in [-0.05, 0) is 64.7 Å². The number of methoxy groups -OCH3 is 1. The zero-order valence-corrected chi connectivity index (χ0v) is 24.0. The summed E-state index contributed by atoms with van der Waals surface area (Å²) in [6.07, 6.45) is 4.92. The molecule has 3 heterocycles. The van der Waals surface area contributed by atoms with Crippen LogP contribution >= 0.6 is 7.92 Å². The van der Waals surface area contributed by atoms with Gasteiger partial charge in [-0.2, -0.15) is 0 Å². The highest BCUT2D eigenvalue weighted by molar-refractivity contribution is 7.88. The standard InChI is InChI=1S/C34H28N3O4P/c1-41-28-11-9-23-15-25(8-7-24(23)17-28)30-19-36(21-35-30)27-10-12-29-26(16-27)18-37(33(29)39)31-13-14-32(38)42(34(31)40)20-22-5-3-2-4-6-22/h2-12,15-17,19,21,31H,13-14,18,20H2,1H3. The second-order valence-corrected chi connectivity index (χ2v) is 12.8. The van der Waals surface area contributed by atoms with E-state index in [1.165, 1.54) is 0 Å². The summed E-state index contributed by atoms with van der Waals surface area (Å²) in [5, 5.41) is 2.20. The number of benzene rings is 4. The Hall–Kier alpha value is -4.61. The molecule has 1 saturated heterocycles. The van der Waals surface area contributed by atoms with E-state index >= 15 is 0 Å². The maximum Gasteiger partial charge on any atom is 0.255 e. The van der Waals surface area contributed by atoms with Crippen molar-refractivity contribution in [2.45, 2.75) is 31.6 Å². The SMILES string of the molecule is COc1ccc2cc(-c3cn(-c4ccc5c(c4)CN(C4CCC(=O)P(Cc6ccccc6)C4=O)C5=O)cn3)ccc2c1. The quantitative estimate of drug-likeness (QED) is 0.215. The lowest BCUT2D eigenvalue weighted by Gasteiger charge is -2.33. The van der Waals surface area contributed by atoms with Gasteiger partial charge in [0, 0.05) is 50.1 Å². The van der Waals surface area contributed by atoms with Gasteiger partial charge in [-0.1, -0.05) is 48.5 Å². The summed E-state index contributed by atoms with van der Waals surface area (Å²) >= 11 is 0. The number of hydrogen-bond acceptors (Lipinski definition) is 5. The molecule has 2 unspecified atom stereocenters. The average Bonchev–Trinajstić information content (AvgIpc) is 3.64. The fourth-order valence-electron chi connectivity index (χ4n) is 5.91. The highest BCUT2D eigenvalue weighted by atomic mass is 31.1. The van der Waals surface area contributed by atoms with Crippen molar-refractivity contribution in [3.8, 4) is 22.7 Å². The molecule has 0 aliphatic carbocycles. The highest BCUT2D eigenvalue weighted by Gasteiger charge is 2.43. The number of amides is 1. The van der Waals surface area contributed by atoms with Crippen molar-refractivity contribution in [3.05, 3.63) is 114 Å². The van der Waals surface area contributed by atoms with Crippen molar-refractivity contribution in [2.75, 3.05) is 7.11 Å². The van der Waals surface area contributed by atoms with Crippen LogP contribution in [0.3, 0.4) is 0 Å². The Morgan fingerprint density at radius 2 is 1.74 bits per heavy atom. The van der Waals surface area contributed by atoms with Crippen molar-refractivity contribution in [3.63, 3.8) is 0 Å². The lowest BCUT2D eigenvalue weighted by molar-refractivity contribution is -0.119. The van der Waals surface area contributed by atoms with Crippen LogP contribution in [0, 0.1) is 0 Å². The van der Waals surface area contributed by atoms with E-state index in [0.717, 1.165) is 44.6 Å². The van der Waals surface area contributed by atoms with Crippen molar-refractivity contribution >= 4 is 35.6 Å². The smallest absolute Gasteiger partial charge is 0.255 e. The Labute approximate surface area is 244 Å². The molecule has 2 aliphatic heterocycles. The summed E-state index contributed by atoms with van der Waals surface area (Å²) in [5.74, 6) is 0.681. The second kappa shape index (κ2) is 10.7. The Morgan fingerprint density at radius 1 is 0.929 bits per heavy atom. The molecule has 2 aliphatic rings. The van der Waals surface area contributed by atoms with E-state index in [4.69, 9.17) is 4.74 Å². The van der Waals surface area contributed by atoms with Crippen molar-refractivity contribution in [2.24, 2.45) is 0 Å². The Balaban J connectivity index is 1.11. The summed E-state index contributed by atoms with van der Waals surface area (Å²) in [4.78, 5) is 46.1. The molecule has 4 aromatic carbocycles. The van der Waals surface area contributed by atoms with Gasteiger partial charge in [-0.25, -0.2) is 4.98 Å². The van der Waals surface area contributed by atoms with Gasteiger partial charge in [0.2, 0.25) is 0 Å². The number of carbonyl (C=O) groups is 3. The number of imidazole rings is 1. The topological polar surface area (TPSA) is 81.5 Å². The molecule has 0 N–H and O–H groups in total. The van der Waals surface area contributed by atoms with Gasteiger partial charge in [-0.15, -0.1) is 0 Å². The Bertz CT molecular complexity index is 1870. The third-order valence-corrected chi connectivity index (χ3v) is 10.5. The first-order valence-electron chi connectivity index (χ1n) is 13.9. The monoisotopic (exact) mass is 573 g/mol. The van der Waals surface area contributed by atoms with Crippen LogP contribution in [0.1, 0.15) is 34.3 Å². The molecule has 208 valence electrons. The fourth-order valence-corrected chi connectivity index (χ4v) is 8.09. The minimum absolute atomic E-state index is 0.0311. The second-order valence-electron chi connectivity index (χ2n) is 10.7. The molecule has 7 rings (SSSR count). The maximum atomic E-state index is 13.6. The summed E-state index contributed by atoms with van der Waals surface area (Å²) in [6.45, 7) is 0.358. The number of fused-ring (bicyclic) bond motifs is 2. The molecule has 2 atom stereocenters. The summed E-state index contributed by atoms with van der Waals surface area (Å²) in [7, 11) is 0.175. The first kappa shape index (κ1) is 26.3. The van der Waals surface area contributed by atoms with Crippen molar-refractivity contribution in [1.82, 2.24) is 14.5 Å². The van der Waals surface area contributed by atoms with Crippen LogP contribution in [0.2, 0.25) is 0 Å². The lowest BCUT2D eigenvalue weighted by atomic mass is 10.1. The predicted molar refractivity (Wildman–Crippen MR) is 163 cm³/mol. The molecule has 1 aromatic heterocycles. The van der Waals surface area contributed by atoms with Gasteiger partial charge >= 0.3 is 0 Å². The van der Waals surface area contributed by atoms with Gasteiger partial charge in [0.05, 0.1) is 25.2 Å². The van der Waals surface area contributed by atoms with Gasteiger partial charge in [0.1, 0.15) is 5.75 Å². The normalized spacial score (nSPS) is 18.5. The predicted octanol–water partition coefficient (Wildman–Crippen LogP) is 6.55. The first-order chi connectivity index (χ1) is 20.5. The van der Waals surface area contributed by atoms with Crippen LogP contribution in [0.5, 0.6) is 5.75 Å². The molecule has 5 aromatic rings. The zero-order chi connectivity index (χ0) is 28.8. The Morgan fingerprint density at radius 3 is 2.57 bits per heavy atom. The molecule has 1 amide bonds. The molecular weight excluding hydrogens is 545 g/mol. The highest BCUT2D eigenvalue weighted by Crippen LogP contribution is 2.49. The van der Waals surface area contributed by atoms with Crippen LogP contribution in [-0.4, -0.2) is 44.6 Å². The number of ether oxygens (including phenoxy) is 1. The summed E-state index contributed by atoms with van der Waals surface area (Å²) < 4.78 is 7.28. The first-order valence-corrected chi connectivity index (χ1v) is 15.5. The van der Waals surface area contributed by atoms with Gasteiger partial charge in [0.15, 0.2) is 11.0 Å². The minimum atomic E-state index is -1.49. The van der Waals surface area contributed by atoms with Crippen LogP contribution in [0.15, 0.2) is 97.5 Å². The number of hydrogen-bond donors (Lipinski definition) is 0. The van der Waals surface area contributed by atoms with Crippen molar-refractivity contribution < 1.29 is 19.1 Å². The molecule has 42 heavy (non-hydrogen) atoms. The van der Waals surface area contributed by atoms with Crippen LogP contribution in [0.25, 0.3) is 27.7 Å². The van der Waals surface area contributed by atoms with E-state index in [-0.39, 0.29) is 17.0 Å². The molecule has 8 heteroatoms. The Kier molecular flexibility index (Phi) is 6.67. The van der Waals surface area contributed by atoms with E-state index in [0.29, 0.717) is 31.1 Å². The van der Waals surface area contributed by atoms with E-state index in [2.05, 4.69) is 17.1 Å². The molecule has 1 fully saturated rings. The maximum absolute atomic E-state index is 13.6. The van der Waals surface area contributed by atoms with E-state index < -0.39 is 14.0 Å². The molecule has 7 nitrogen and oxygen atoms in total. The largest absolute Gasteiger partial charge is 0.497 e.